The molecular formula is C16H25NO2S2. The Morgan fingerprint density at radius 2 is 1.90 bits per heavy atom. The van der Waals surface area contributed by atoms with Gasteiger partial charge in [0.25, 0.3) is 0 Å². The van der Waals surface area contributed by atoms with Crippen LogP contribution in [0.3, 0.4) is 0 Å². The summed E-state index contributed by atoms with van der Waals surface area (Å²) in [5, 5.41) is 0. The molecule has 1 aromatic heterocycles. The molecule has 0 aromatic carbocycles. The summed E-state index contributed by atoms with van der Waals surface area (Å²) in [7, 11) is -2.79. The minimum atomic E-state index is -2.79. The lowest BCUT2D eigenvalue weighted by Crippen LogP contribution is -2.37. The molecular weight excluding hydrogens is 302 g/mol. The molecule has 0 bridgehead atoms. The fraction of sp³-hybridized carbons (Fsp3) is 0.750. The highest BCUT2D eigenvalue weighted by Crippen LogP contribution is 2.36. The van der Waals surface area contributed by atoms with Gasteiger partial charge in [-0.1, -0.05) is 20.8 Å². The average Bonchev–Trinajstić information content (AvgIpc) is 2.97. The third-order valence-electron chi connectivity index (χ3n) is 4.43. The van der Waals surface area contributed by atoms with Gasteiger partial charge in [-0.05, 0) is 36.8 Å². The van der Waals surface area contributed by atoms with Gasteiger partial charge in [-0.25, -0.2) is 8.42 Å². The number of nitrogens with zero attached hydrogens (tertiary/aromatic N) is 1. The smallest absolute Gasteiger partial charge is 0.151 e. The van der Waals surface area contributed by atoms with Crippen LogP contribution in [0.1, 0.15) is 49.8 Å². The molecule has 0 amide bonds. The summed E-state index contributed by atoms with van der Waals surface area (Å²) < 4.78 is 23.5. The SMILES string of the molecule is CC(C)(C)c1ccc(CN(C2CC2)[C@@H]2CCS(=O)(=O)C2)s1. The van der Waals surface area contributed by atoms with Crippen molar-refractivity contribution in [3.8, 4) is 0 Å². The molecule has 0 radical (unpaired) electrons. The van der Waals surface area contributed by atoms with E-state index >= 15 is 0 Å². The van der Waals surface area contributed by atoms with Crippen molar-refractivity contribution in [1.82, 2.24) is 4.90 Å². The largest absolute Gasteiger partial charge is 0.291 e. The van der Waals surface area contributed by atoms with Crippen LogP contribution in [-0.2, 0) is 21.8 Å². The van der Waals surface area contributed by atoms with Gasteiger partial charge in [0.1, 0.15) is 0 Å². The van der Waals surface area contributed by atoms with Gasteiger partial charge < -0.3 is 0 Å². The first kappa shape index (κ1) is 15.5. The summed E-state index contributed by atoms with van der Waals surface area (Å²) in [5.41, 5.74) is 0.198. The second kappa shape index (κ2) is 5.36. The highest BCUT2D eigenvalue weighted by molar-refractivity contribution is 7.91. The lowest BCUT2D eigenvalue weighted by molar-refractivity contribution is 0.195. The van der Waals surface area contributed by atoms with E-state index in [0.29, 0.717) is 17.5 Å². The first-order valence-electron chi connectivity index (χ1n) is 7.80. The molecule has 3 nitrogen and oxygen atoms in total. The Morgan fingerprint density at radius 3 is 2.38 bits per heavy atom. The Morgan fingerprint density at radius 1 is 1.19 bits per heavy atom. The molecule has 1 saturated heterocycles. The fourth-order valence-corrected chi connectivity index (χ4v) is 5.86. The summed E-state index contributed by atoms with van der Waals surface area (Å²) in [6.07, 6.45) is 3.28. The average molecular weight is 328 g/mol. The van der Waals surface area contributed by atoms with E-state index in [1.807, 2.05) is 11.3 Å². The van der Waals surface area contributed by atoms with Crippen LogP contribution in [0.2, 0.25) is 0 Å². The van der Waals surface area contributed by atoms with Gasteiger partial charge in [0.05, 0.1) is 11.5 Å². The van der Waals surface area contributed by atoms with Crippen LogP contribution in [0.4, 0.5) is 0 Å². The second-order valence-corrected chi connectivity index (χ2v) is 10.9. The predicted octanol–water partition coefficient (Wildman–Crippen LogP) is 3.20. The normalized spacial score (nSPS) is 25.6. The first-order valence-corrected chi connectivity index (χ1v) is 10.4. The van der Waals surface area contributed by atoms with Gasteiger partial charge in [-0.3, -0.25) is 4.90 Å². The maximum absolute atomic E-state index is 11.8. The van der Waals surface area contributed by atoms with E-state index in [-0.39, 0.29) is 11.5 Å². The number of hydrogen-bond donors (Lipinski definition) is 0. The second-order valence-electron chi connectivity index (χ2n) is 7.48. The highest BCUT2D eigenvalue weighted by atomic mass is 32.2. The highest BCUT2D eigenvalue weighted by Gasteiger charge is 2.39. The van der Waals surface area contributed by atoms with Crippen molar-refractivity contribution in [2.45, 2.75) is 64.1 Å². The monoisotopic (exact) mass is 327 g/mol. The molecule has 1 aromatic rings. The van der Waals surface area contributed by atoms with Crippen molar-refractivity contribution in [2.75, 3.05) is 11.5 Å². The lowest BCUT2D eigenvalue weighted by atomic mass is 9.95. The molecule has 3 rings (SSSR count). The van der Waals surface area contributed by atoms with Crippen molar-refractivity contribution in [3.05, 3.63) is 21.9 Å². The Bertz CT molecular complexity index is 608. The molecule has 2 heterocycles. The van der Waals surface area contributed by atoms with Crippen LogP contribution < -0.4 is 0 Å². The van der Waals surface area contributed by atoms with Crippen LogP contribution in [0.25, 0.3) is 0 Å². The van der Waals surface area contributed by atoms with Gasteiger partial charge >= 0.3 is 0 Å². The van der Waals surface area contributed by atoms with Gasteiger partial charge in [0.15, 0.2) is 9.84 Å². The minimum Gasteiger partial charge on any atom is -0.291 e. The number of thiophene rings is 1. The zero-order chi connectivity index (χ0) is 15.3. The molecule has 1 saturated carbocycles. The van der Waals surface area contributed by atoms with Crippen molar-refractivity contribution < 1.29 is 8.42 Å². The Balaban J connectivity index is 1.73. The number of rotatable bonds is 4. The molecule has 21 heavy (non-hydrogen) atoms. The van der Waals surface area contributed by atoms with Crippen LogP contribution in [0.5, 0.6) is 0 Å². The summed E-state index contributed by atoms with van der Waals surface area (Å²) in [5.74, 6) is 0.736. The molecule has 0 unspecified atom stereocenters. The van der Waals surface area contributed by atoms with E-state index in [1.54, 1.807) is 0 Å². The Hall–Kier alpha value is -0.390. The van der Waals surface area contributed by atoms with E-state index < -0.39 is 9.84 Å². The topological polar surface area (TPSA) is 37.4 Å². The van der Waals surface area contributed by atoms with Gasteiger partial charge in [-0.2, -0.15) is 0 Å². The van der Waals surface area contributed by atoms with Gasteiger partial charge in [0, 0.05) is 28.4 Å². The first-order chi connectivity index (χ1) is 9.74. The van der Waals surface area contributed by atoms with Crippen molar-refractivity contribution in [3.63, 3.8) is 0 Å². The summed E-state index contributed by atoms with van der Waals surface area (Å²) in [6.45, 7) is 7.64. The minimum absolute atomic E-state index is 0.198. The van der Waals surface area contributed by atoms with Crippen LogP contribution in [-0.4, -0.2) is 36.9 Å². The summed E-state index contributed by atoms with van der Waals surface area (Å²) in [4.78, 5) is 5.24. The predicted molar refractivity (Wildman–Crippen MR) is 88.6 cm³/mol. The van der Waals surface area contributed by atoms with Gasteiger partial charge in [0.2, 0.25) is 0 Å². The van der Waals surface area contributed by atoms with E-state index in [2.05, 4.69) is 37.8 Å². The maximum Gasteiger partial charge on any atom is 0.151 e. The number of hydrogen-bond acceptors (Lipinski definition) is 4. The number of sulfone groups is 1. The van der Waals surface area contributed by atoms with Crippen LogP contribution in [0.15, 0.2) is 12.1 Å². The van der Waals surface area contributed by atoms with Crippen molar-refractivity contribution >= 4 is 21.2 Å². The molecule has 1 atom stereocenters. The third kappa shape index (κ3) is 3.69. The Labute approximate surface area is 132 Å². The van der Waals surface area contributed by atoms with Crippen molar-refractivity contribution in [2.24, 2.45) is 0 Å². The molecule has 5 heteroatoms. The quantitative estimate of drug-likeness (QED) is 0.852. The molecule has 0 spiro atoms. The Kier molecular flexibility index (Phi) is 3.95. The molecule has 118 valence electrons. The zero-order valence-electron chi connectivity index (χ0n) is 13.1. The van der Waals surface area contributed by atoms with Crippen LogP contribution in [0, 0.1) is 0 Å². The zero-order valence-corrected chi connectivity index (χ0v) is 14.8. The van der Waals surface area contributed by atoms with E-state index in [0.717, 1.165) is 13.0 Å². The van der Waals surface area contributed by atoms with Gasteiger partial charge in [-0.15, -0.1) is 11.3 Å². The van der Waals surface area contributed by atoms with E-state index in [4.69, 9.17) is 0 Å². The fourth-order valence-electron chi connectivity index (χ4n) is 3.05. The maximum atomic E-state index is 11.8. The molecule has 1 aliphatic heterocycles. The molecule has 0 N–H and O–H groups in total. The standard InChI is InChI=1S/C16H25NO2S2/c1-16(2,3)15-7-6-14(20-15)10-17(12-4-5-12)13-8-9-21(18,19)11-13/h6-7,12-13H,4-5,8-11H2,1-3H3/t13-/m1/s1. The van der Waals surface area contributed by atoms with E-state index in [1.165, 1.54) is 22.6 Å². The molecule has 1 aliphatic carbocycles. The molecule has 2 aliphatic rings. The summed E-state index contributed by atoms with van der Waals surface area (Å²) >= 11 is 1.88. The van der Waals surface area contributed by atoms with Crippen molar-refractivity contribution in [1.29, 1.82) is 0 Å². The summed E-state index contributed by atoms with van der Waals surface area (Å²) in [6, 6.07) is 5.31. The van der Waals surface area contributed by atoms with Crippen LogP contribution >= 0.6 is 11.3 Å². The lowest BCUT2D eigenvalue weighted by Gasteiger charge is -2.27. The molecule has 2 fully saturated rings. The van der Waals surface area contributed by atoms with E-state index in [9.17, 15) is 8.42 Å². The third-order valence-corrected chi connectivity index (χ3v) is 7.68.